The fourth-order valence-electron chi connectivity index (χ4n) is 2.08. The van der Waals surface area contributed by atoms with Gasteiger partial charge >= 0.3 is 5.97 Å². The van der Waals surface area contributed by atoms with Crippen LogP contribution in [0.25, 0.3) is 10.6 Å². The molecule has 0 bridgehead atoms. The Morgan fingerprint density at radius 2 is 2.04 bits per heavy atom. The van der Waals surface area contributed by atoms with Gasteiger partial charge in [-0.2, -0.15) is 0 Å². The van der Waals surface area contributed by atoms with Crippen LogP contribution in [-0.2, 0) is 16.0 Å². The summed E-state index contributed by atoms with van der Waals surface area (Å²) in [6, 6.07) is 4.21. The number of nitrogens with one attached hydrogen (secondary N) is 1. The second-order valence-corrected chi connectivity index (χ2v) is 7.27. The molecule has 0 saturated carbocycles. The van der Waals surface area contributed by atoms with Crippen LogP contribution in [0.15, 0.2) is 23.6 Å². The van der Waals surface area contributed by atoms with E-state index in [-0.39, 0.29) is 18.2 Å². The first-order valence-electron chi connectivity index (χ1n) is 7.20. The summed E-state index contributed by atoms with van der Waals surface area (Å²) < 4.78 is 0. The van der Waals surface area contributed by atoms with E-state index in [1.165, 1.54) is 11.3 Å². The number of carbonyl (C=O) groups excluding carboxylic acids is 1. The lowest BCUT2D eigenvalue weighted by Crippen LogP contribution is -2.44. The Morgan fingerprint density at radius 3 is 2.62 bits per heavy atom. The quantitative estimate of drug-likeness (QED) is 0.788. The second-order valence-electron chi connectivity index (χ2n) is 5.57. The molecule has 2 aromatic rings. The second kappa shape index (κ2) is 7.96. The van der Waals surface area contributed by atoms with Crippen LogP contribution in [0, 0.1) is 5.92 Å². The van der Waals surface area contributed by atoms with Crippen molar-refractivity contribution in [2.45, 2.75) is 26.3 Å². The molecule has 24 heavy (non-hydrogen) atoms. The van der Waals surface area contributed by atoms with E-state index in [1.807, 2.05) is 0 Å². The maximum atomic E-state index is 12.0. The number of aliphatic carboxylic acids is 1. The van der Waals surface area contributed by atoms with Gasteiger partial charge in [-0.05, 0) is 24.1 Å². The van der Waals surface area contributed by atoms with Crippen molar-refractivity contribution in [1.82, 2.24) is 10.3 Å². The van der Waals surface area contributed by atoms with Gasteiger partial charge in [0.05, 0.1) is 17.1 Å². The summed E-state index contributed by atoms with van der Waals surface area (Å²) in [5.41, 5.74) is 1.30. The Balaban J connectivity index is 2.08. The fourth-order valence-corrected chi connectivity index (χ4v) is 3.49. The summed E-state index contributed by atoms with van der Waals surface area (Å²) in [6.07, 6.45) is 0.0121. The van der Waals surface area contributed by atoms with E-state index in [0.717, 1.165) is 5.56 Å². The molecule has 1 atom stereocenters. The summed E-state index contributed by atoms with van der Waals surface area (Å²) in [4.78, 5) is 27.6. The molecule has 1 aromatic heterocycles. The molecule has 0 radical (unpaired) electrons. The van der Waals surface area contributed by atoms with Gasteiger partial charge in [-0.3, -0.25) is 4.79 Å². The first-order valence-corrected chi connectivity index (χ1v) is 8.83. The lowest BCUT2D eigenvalue weighted by molar-refractivity contribution is -0.143. The molecule has 0 aliphatic rings. The molecule has 128 valence electrons. The monoisotopic (exact) mass is 386 g/mol. The lowest BCUT2D eigenvalue weighted by Gasteiger charge is -2.17. The van der Waals surface area contributed by atoms with Gasteiger partial charge in [0.15, 0.2) is 0 Å². The highest BCUT2D eigenvalue weighted by Crippen LogP contribution is 2.32. The van der Waals surface area contributed by atoms with Gasteiger partial charge in [-0.25, -0.2) is 9.78 Å². The number of hydrogen-bond donors (Lipinski definition) is 2. The maximum absolute atomic E-state index is 12.0. The zero-order valence-corrected chi connectivity index (χ0v) is 15.4. The number of thiazole rings is 1. The van der Waals surface area contributed by atoms with E-state index < -0.39 is 12.0 Å². The van der Waals surface area contributed by atoms with Crippen molar-refractivity contribution in [3.05, 3.63) is 39.3 Å². The number of carboxylic acids is 1. The Bertz CT molecular complexity index is 762. The third-order valence-electron chi connectivity index (χ3n) is 3.30. The largest absolute Gasteiger partial charge is 0.480 e. The minimum atomic E-state index is -1.05. The highest BCUT2D eigenvalue weighted by atomic mass is 35.5. The molecule has 1 heterocycles. The average Bonchev–Trinajstić information content (AvgIpc) is 2.92. The van der Waals surface area contributed by atoms with Crippen molar-refractivity contribution in [2.75, 3.05) is 0 Å². The lowest BCUT2D eigenvalue weighted by atomic mass is 10.0. The van der Waals surface area contributed by atoms with E-state index in [4.69, 9.17) is 28.3 Å². The molecule has 0 aliphatic heterocycles. The summed E-state index contributed by atoms with van der Waals surface area (Å²) in [5.74, 6) is -1.63. The molecule has 0 spiro atoms. The molecule has 1 amide bonds. The van der Waals surface area contributed by atoms with Crippen LogP contribution in [0.2, 0.25) is 10.0 Å². The van der Waals surface area contributed by atoms with Crippen molar-refractivity contribution < 1.29 is 14.7 Å². The van der Waals surface area contributed by atoms with E-state index in [0.29, 0.717) is 20.7 Å². The molecule has 0 saturated heterocycles. The van der Waals surface area contributed by atoms with E-state index in [2.05, 4.69) is 10.3 Å². The Kier molecular flexibility index (Phi) is 6.21. The van der Waals surface area contributed by atoms with Gasteiger partial charge in [0.1, 0.15) is 11.0 Å². The van der Waals surface area contributed by atoms with E-state index >= 15 is 0 Å². The zero-order valence-electron chi connectivity index (χ0n) is 13.0. The van der Waals surface area contributed by atoms with Crippen molar-refractivity contribution in [1.29, 1.82) is 0 Å². The van der Waals surface area contributed by atoms with Crippen LogP contribution < -0.4 is 5.32 Å². The smallest absolute Gasteiger partial charge is 0.326 e. The van der Waals surface area contributed by atoms with Gasteiger partial charge in [0.2, 0.25) is 5.91 Å². The number of rotatable bonds is 6. The molecule has 0 fully saturated rings. The van der Waals surface area contributed by atoms with Crippen molar-refractivity contribution in [3.8, 4) is 10.6 Å². The molecular formula is C16H16Cl2N2O3S. The topological polar surface area (TPSA) is 79.3 Å². The number of carbonyl (C=O) groups is 2. The van der Waals surface area contributed by atoms with Gasteiger partial charge in [-0.1, -0.05) is 37.0 Å². The number of carboxylic acid groups (broad SMARTS) is 1. The molecule has 0 aliphatic carbocycles. The number of halogens is 2. The first-order chi connectivity index (χ1) is 11.3. The minimum absolute atomic E-state index is 0.0121. The number of aromatic nitrogens is 1. The van der Waals surface area contributed by atoms with Gasteiger partial charge < -0.3 is 10.4 Å². The SMILES string of the molecule is CC(C)[C@H](NC(=O)Cc1csc(-c2ccc(Cl)cc2Cl)n1)C(=O)O. The molecule has 0 unspecified atom stereocenters. The summed E-state index contributed by atoms with van der Waals surface area (Å²) >= 11 is 13.4. The molecule has 2 N–H and O–H groups in total. The predicted molar refractivity (Wildman–Crippen MR) is 95.7 cm³/mol. The maximum Gasteiger partial charge on any atom is 0.326 e. The van der Waals surface area contributed by atoms with Crippen LogP contribution in [0.5, 0.6) is 0 Å². The van der Waals surface area contributed by atoms with Gasteiger partial charge in [-0.15, -0.1) is 11.3 Å². The van der Waals surface area contributed by atoms with E-state index in [9.17, 15) is 9.59 Å². The normalized spacial score (nSPS) is 12.2. The van der Waals surface area contributed by atoms with Gasteiger partial charge in [0, 0.05) is 16.0 Å². The number of amides is 1. The predicted octanol–water partition coefficient (Wildman–Crippen LogP) is 3.88. The molecule has 1 aromatic carbocycles. The van der Waals surface area contributed by atoms with E-state index in [1.54, 1.807) is 37.4 Å². The Morgan fingerprint density at radius 1 is 1.33 bits per heavy atom. The number of benzene rings is 1. The van der Waals surface area contributed by atoms with Crippen LogP contribution in [-0.4, -0.2) is 28.0 Å². The Hall–Kier alpha value is -1.63. The van der Waals surface area contributed by atoms with Crippen LogP contribution in [0.1, 0.15) is 19.5 Å². The van der Waals surface area contributed by atoms with Crippen molar-refractivity contribution in [3.63, 3.8) is 0 Å². The van der Waals surface area contributed by atoms with Crippen LogP contribution in [0.4, 0.5) is 0 Å². The van der Waals surface area contributed by atoms with Crippen LogP contribution >= 0.6 is 34.5 Å². The van der Waals surface area contributed by atoms with Crippen molar-refractivity contribution >= 4 is 46.4 Å². The average molecular weight is 387 g/mol. The van der Waals surface area contributed by atoms with Crippen LogP contribution in [0.3, 0.4) is 0 Å². The standard InChI is InChI=1S/C16H16Cl2N2O3S/c1-8(2)14(16(22)23)20-13(21)6-10-7-24-15(19-10)11-4-3-9(17)5-12(11)18/h3-5,7-8,14H,6H2,1-2H3,(H,20,21)(H,22,23)/t14-/m0/s1. The summed E-state index contributed by atoms with van der Waals surface area (Å²) in [5, 5.41) is 15.1. The number of nitrogens with zero attached hydrogens (tertiary/aromatic N) is 1. The fraction of sp³-hybridized carbons (Fsp3) is 0.312. The first kappa shape index (κ1) is 18.7. The number of hydrogen-bond acceptors (Lipinski definition) is 4. The summed E-state index contributed by atoms with van der Waals surface area (Å²) in [6.45, 7) is 3.48. The molecule has 8 heteroatoms. The molecule has 2 rings (SSSR count). The third kappa shape index (κ3) is 4.69. The minimum Gasteiger partial charge on any atom is -0.480 e. The van der Waals surface area contributed by atoms with Gasteiger partial charge in [0.25, 0.3) is 0 Å². The molecule has 5 nitrogen and oxygen atoms in total. The molecular weight excluding hydrogens is 371 g/mol. The third-order valence-corrected chi connectivity index (χ3v) is 4.78. The zero-order chi connectivity index (χ0) is 17.9. The highest BCUT2D eigenvalue weighted by Gasteiger charge is 2.23. The summed E-state index contributed by atoms with van der Waals surface area (Å²) in [7, 11) is 0. The highest BCUT2D eigenvalue weighted by molar-refractivity contribution is 7.13. The van der Waals surface area contributed by atoms with Crippen molar-refractivity contribution in [2.24, 2.45) is 5.92 Å². The Labute approximate surface area is 153 Å².